The second-order valence-electron chi connectivity index (χ2n) is 30.5. The molecule has 600 valence electrons. The zero-order valence-electron chi connectivity index (χ0n) is 66.2. The zero-order valence-corrected chi connectivity index (χ0v) is 68.0. The van der Waals surface area contributed by atoms with E-state index in [1.54, 1.807) is 0 Å². The standard InChI is InChI=1S/C82H160O17P2/c1-7-9-11-13-15-17-19-21-29-36-42-48-54-60-66-81(86)98-77(70-92-79(84)64-58-52-46-40-34-26-20-18-16-14-12-10-8-2)72-96-100(88,89)94-68-76(83)69-95-101(90,91)97-73-78(99-82(87)67-61-55-49-43-37-31-25-23-28-33-39-45-51-57-63-75(5)6)71-93-80(85)65-59-53-47-41-35-30-24-22-27-32-38-44-50-56-62-74(3)4/h74-78,83H,7-73H2,1-6H3,(H,88,89)(H,90,91)/t76-,77+,78+/m0/s1. The van der Waals surface area contributed by atoms with E-state index < -0.39 is 97.5 Å². The third-order valence-corrected chi connectivity index (χ3v) is 21.1. The maximum Gasteiger partial charge on any atom is 0.472 e. The molecule has 19 heteroatoms. The molecule has 0 saturated carbocycles. The Morgan fingerprint density at radius 2 is 0.455 bits per heavy atom. The summed E-state index contributed by atoms with van der Waals surface area (Å²) in [6.45, 7) is 9.70. The van der Waals surface area contributed by atoms with Gasteiger partial charge < -0.3 is 33.8 Å². The summed E-state index contributed by atoms with van der Waals surface area (Å²) in [5.74, 6) is -0.509. The van der Waals surface area contributed by atoms with Gasteiger partial charge in [0.2, 0.25) is 0 Å². The summed E-state index contributed by atoms with van der Waals surface area (Å²) < 4.78 is 68.8. The topological polar surface area (TPSA) is 237 Å². The average Bonchev–Trinajstić information content (AvgIpc) is 1.02. The number of carbonyl (C=O) groups excluding carboxylic acids is 4. The Balaban J connectivity index is 5.27. The molecule has 101 heavy (non-hydrogen) atoms. The first kappa shape index (κ1) is 99.1. The summed E-state index contributed by atoms with van der Waals surface area (Å²) in [4.78, 5) is 73.1. The molecule has 0 aliphatic heterocycles. The van der Waals surface area contributed by atoms with Crippen LogP contribution in [0.3, 0.4) is 0 Å². The highest BCUT2D eigenvalue weighted by Crippen LogP contribution is 2.45. The van der Waals surface area contributed by atoms with Gasteiger partial charge in [0.25, 0.3) is 0 Å². The van der Waals surface area contributed by atoms with Gasteiger partial charge in [0.15, 0.2) is 12.2 Å². The number of esters is 4. The minimum absolute atomic E-state index is 0.108. The van der Waals surface area contributed by atoms with Crippen LogP contribution in [0.25, 0.3) is 0 Å². The first-order valence-electron chi connectivity index (χ1n) is 42.5. The molecule has 0 aliphatic rings. The minimum atomic E-state index is -4.96. The lowest BCUT2D eigenvalue weighted by atomic mass is 10.0. The molecule has 0 saturated heterocycles. The van der Waals surface area contributed by atoms with Crippen molar-refractivity contribution < 1.29 is 80.2 Å². The van der Waals surface area contributed by atoms with Crippen molar-refractivity contribution in [2.24, 2.45) is 11.8 Å². The van der Waals surface area contributed by atoms with Crippen LogP contribution >= 0.6 is 15.6 Å². The van der Waals surface area contributed by atoms with Crippen molar-refractivity contribution in [1.29, 1.82) is 0 Å². The van der Waals surface area contributed by atoms with E-state index in [-0.39, 0.29) is 25.7 Å². The zero-order chi connectivity index (χ0) is 74.2. The lowest BCUT2D eigenvalue weighted by molar-refractivity contribution is -0.161. The molecule has 0 fully saturated rings. The molecule has 0 rings (SSSR count). The number of unbranched alkanes of at least 4 members (excludes halogenated alkanes) is 51. The van der Waals surface area contributed by atoms with E-state index in [4.69, 9.17) is 37.0 Å². The largest absolute Gasteiger partial charge is 0.472 e. The van der Waals surface area contributed by atoms with Crippen molar-refractivity contribution in [2.45, 2.75) is 452 Å². The Kier molecular flexibility index (Phi) is 72.2. The minimum Gasteiger partial charge on any atom is -0.462 e. The monoisotopic (exact) mass is 1480 g/mol. The molecule has 0 aromatic rings. The molecular formula is C82H160O17P2. The van der Waals surface area contributed by atoms with Gasteiger partial charge in [0.1, 0.15) is 19.3 Å². The summed E-state index contributed by atoms with van der Waals surface area (Å²) in [6.07, 6.45) is 63.6. The first-order valence-corrected chi connectivity index (χ1v) is 45.5. The van der Waals surface area contributed by atoms with Crippen LogP contribution in [0.15, 0.2) is 0 Å². The van der Waals surface area contributed by atoms with Crippen LogP contribution in [0.5, 0.6) is 0 Å². The van der Waals surface area contributed by atoms with Gasteiger partial charge in [-0.3, -0.25) is 37.3 Å². The number of carbonyl (C=O) groups is 4. The second kappa shape index (κ2) is 73.6. The smallest absolute Gasteiger partial charge is 0.462 e. The molecule has 0 heterocycles. The molecule has 0 aliphatic carbocycles. The molecule has 0 aromatic carbocycles. The molecule has 0 bridgehead atoms. The molecular weight excluding hydrogens is 1320 g/mol. The number of hydrogen-bond donors (Lipinski definition) is 3. The number of aliphatic hydroxyl groups is 1. The Hall–Kier alpha value is -1.94. The highest BCUT2D eigenvalue weighted by molar-refractivity contribution is 7.47. The van der Waals surface area contributed by atoms with Crippen molar-refractivity contribution in [3.05, 3.63) is 0 Å². The van der Waals surface area contributed by atoms with Crippen LogP contribution in [0.2, 0.25) is 0 Å². The molecule has 0 aromatic heterocycles. The van der Waals surface area contributed by atoms with Gasteiger partial charge in [0, 0.05) is 25.7 Å². The maximum absolute atomic E-state index is 13.1. The van der Waals surface area contributed by atoms with Gasteiger partial charge in [0.05, 0.1) is 26.4 Å². The van der Waals surface area contributed by atoms with E-state index in [0.717, 1.165) is 102 Å². The van der Waals surface area contributed by atoms with E-state index in [9.17, 15) is 43.2 Å². The molecule has 5 atom stereocenters. The Morgan fingerprint density at radius 1 is 0.267 bits per heavy atom. The van der Waals surface area contributed by atoms with Gasteiger partial charge in [-0.15, -0.1) is 0 Å². The average molecular weight is 1480 g/mol. The van der Waals surface area contributed by atoms with Gasteiger partial charge >= 0.3 is 39.5 Å². The van der Waals surface area contributed by atoms with Gasteiger partial charge in [-0.2, -0.15) is 0 Å². The SMILES string of the molecule is CCCCCCCCCCCCCCCCC(=O)O[C@H](COC(=O)CCCCCCCCCCCCCCC)COP(=O)(O)OC[C@H](O)COP(=O)(O)OC[C@@H](COC(=O)CCCCCCCCCCCCCCCCC(C)C)OC(=O)CCCCCCCCCCCCCCCCC(C)C. The summed E-state index contributed by atoms with van der Waals surface area (Å²) >= 11 is 0. The predicted octanol–water partition coefficient (Wildman–Crippen LogP) is 24.7. The van der Waals surface area contributed by atoms with Crippen LogP contribution in [-0.2, 0) is 65.4 Å². The number of hydrogen-bond acceptors (Lipinski definition) is 15. The summed E-state index contributed by atoms with van der Waals surface area (Å²) in [5.41, 5.74) is 0. The van der Waals surface area contributed by atoms with E-state index in [1.807, 2.05) is 0 Å². The second-order valence-corrected chi connectivity index (χ2v) is 33.4. The molecule has 0 spiro atoms. The van der Waals surface area contributed by atoms with Gasteiger partial charge in [-0.1, -0.05) is 382 Å². The lowest BCUT2D eigenvalue weighted by Gasteiger charge is -2.21. The van der Waals surface area contributed by atoms with Crippen LogP contribution < -0.4 is 0 Å². The third kappa shape index (κ3) is 76.1. The van der Waals surface area contributed by atoms with E-state index in [1.165, 1.54) is 250 Å². The van der Waals surface area contributed by atoms with Crippen molar-refractivity contribution in [2.75, 3.05) is 39.6 Å². The number of aliphatic hydroxyl groups excluding tert-OH is 1. The molecule has 17 nitrogen and oxygen atoms in total. The number of rotatable bonds is 81. The Morgan fingerprint density at radius 3 is 0.673 bits per heavy atom. The van der Waals surface area contributed by atoms with Crippen LogP contribution in [0.4, 0.5) is 0 Å². The van der Waals surface area contributed by atoms with Crippen molar-refractivity contribution in [3.63, 3.8) is 0 Å². The number of phosphoric ester groups is 2. The molecule has 2 unspecified atom stereocenters. The normalized spacial score (nSPS) is 13.9. The molecule has 3 N–H and O–H groups in total. The van der Waals surface area contributed by atoms with Crippen LogP contribution in [0.1, 0.15) is 433 Å². The fourth-order valence-electron chi connectivity index (χ4n) is 12.7. The van der Waals surface area contributed by atoms with E-state index in [0.29, 0.717) is 25.7 Å². The summed E-state index contributed by atoms with van der Waals surface area (Å²) in [6, 6.07) is 0. The van der Waals surface area contributed by atoms with Crippen molar-refractivity contribution in [3.8, 4) is 0 Å². The highest BCUT2D eigenvalue weighted by atomic mass is 31.2. The maximum atomic E-state index is 13.1. The lowest BCUT2D eigenvalue weighted by Crippen LogP contribution is -2.30. The van der Waals surface area contributed by atoms with Gasteiger partial charge in [-0.05, 0) is 37.5 Å². The van der Waals surface area contributed by atoms with E-state index >= 15 is 0 Å². The molecule has 0 radical (unpaired) electrons. The Bertz CT molecular complexity index is 1940. The first-order chi connectivity index (χ1) is 48.9. The quantitative estimate of drug-likeness (QED) is 0.0222. The third-order valence-electron chi connectivity index (χ3n) is 19.2. The van der Waals surface area contributed by atoms with E-state index in [2.05, 4.69) is 41.5 Å². The van der Waals surface area contributed by atoms with Crippen LogP contribution in [0, 0.1) is 11.8 Å². The van der Waals surface area contributed by atoms with Crippen LogP contribution in [-0.4, -0.2) is 96.7 Å². The van der Waals surface area contributed by atoms with Crippen molar-refractivity contribution in [1.82, 2.24) is 0 Å². The predicted molar refractivity (Wildman–Crippen MR) is 414 cm³/mol. The number of phosphoric acid groups is 2. The Labute approximate surface area is 619 Å². The highest BCUT2D eigenvalue weighted by Gasteiger charge is 2.30. The summed E-state index contributed by atoms with van der Waals surface area (Å²) in [5, 5.41) is 10.7. The summed E-state index contributed by atoms with van der Waals surface area (Å²) in [7, 11) is -9.92. The van der Waals surface area contributed by atoms with Gasteiger partial charge in [-0.25, -0.2) is 9.13 Å². The molecule has 0 amide bonds. The van der Waals surface area contributed by atoms with Crippen molar-refractivity contribution >= 4 is 39.5 Å². The number of ether oxygens (including phenoxy) is 4. The fraction of sp³-hybridized carbons (Fsp3) is 0.951. The fourth-order valence-corrected chi connectivity index (χ4v) is 14.3.